The van der Waals surface area contributed by atoms with E-state index in [0.29, 0.717) is 5.82 Å². The van der Waals surface area contributed by atoms with E-state index in [-0.39, 0.29) is 18.2 Å². The number of nitrogens with one attached hydrogen (secondary N) is 2. The number of hydrogen-bond donors (Lipinski definition) is 2. The van der Waals surface area contributed by atoms with Crippen molar-refractivity contribution in [2.24, 2.45) is 0 Å². The zero-order valence-electron chi connectivity index (χ0n) is 7.42. The molecule has 0 unspecified atom stereocenters. The Bertz CT molecular complexity index is 331. The maximum Gasteiger partial charge on any atom is 0.248 e. The number of aromatic nitrogens is 3. The summed E-state index contributed by atoms with van der Waals surface area (Å²) in [4.78, 5) is 25.4. The fourth-order valence-electron chi connectivity index (χ4n) is 0.794. The summed E-state index contributed by atoms with van der Waals surface area (Å²) in [6, 6.07) is 0. The van der Waals surface area contributed by atoms with E-state index >= 15 is 0 Å². The van der Waals surface area contributed by atoms with Gasteiger partial charge in [-0.15, -0.1) is 5.10 Å². The van der Waals surface area contributed by atoms with Crippen LogP contribution in [-0.4, -0.2) is 26.9 Å². The zero-order valence-corrected chi connectivity index (χ0v) is 7.42. The molecule has 2 N–H and O–H groups in total. The van der Waals surface area contributed by atoms with Gasteiger partial charge in [0, 0.05) is 0 Å². The molecule has 1 heterocycles. The predicted molar refractivity (Wildman–Crippen MR) is 45.0 cm³/mol. The molecular formula is C7H10N4O2. The number of aryl methyl sites for hydroxylation is 1. The topological polar surface area (TPSA) is 87.7 Å². The summed E-state index contributed by atoms with van der Waals surface area (Å²) in [5.74, 6) is 0.220. The SMILES string of the molecule is CC(=O)CC(=O)Nc1n[nH]c(C)n1. The molecule has 70 valence electrons. The fraction of sp³-hybridized carbons (Fsp3) is 0.429. The van der Waals surface area contributed by atoms with Gasteiger partial charge in [-0.2, -0.15) is 4.98 Å². The third-order valence-corrected chi connectivity index (χ3v) is 1.26. The normalized spacial score (nSPS) is 9.69. The second-order valence-corrected chi connectivity index (χ2v) is 2.67. The molecule has 0 aromatic carbocycles. The highest BCUT2D eigenvalue weighted by Gasteiger charge is 2.07. The molecule has 0 saturated heterocycles. The van der Waals surface area contributed by atoms with Gasteiger partial charge in [0.1, 0.15) is 11.6 Å². The molecule has 0 aliphatic heterocycles. The Labute approximate surface area is 74.7 Å². The maximum absolute atomic E-state index is 11.0. The summed E-state index contributed by atoms with van der Waals surface area (Å²) in [6.45, 7) is 3.07. The van der Waals surface area contributed by atoms with Crippen LogP contribution in [0.1, 0.15) is 19.2 Å². The van der Waals surface area contributed by atoms with Crippen LogP contribution >= 0.6 is 0 Å². The molecule has 6 nitrogen and oxygen atoms in total. The molecule has 1 rings (SSSR count). The van der Waals surface area contributed by atoms with Crippen molar-refractivity contribution < 1.29 is 9.59 Å². The summed E-state index contributed by atoms with van der Waals surface area (Å²) < 4.78 is 0. The van der Waals surface area contributed by atoms with Crippen molar-refractivity contribution in [1.29, 1.82) is 0 Å². The van der Waals surface area contributed by atoms with Crippen LogP contribution in [0.4, 0.5) is 5.95 Å². The first-order valence-electron chi connectivity index (χ1n) is 3.76. The van der Waals surface area contributed by atoms with Gasteiger partial charge in [-0.3, -0.25) is 20.0 Å². The quantitative estimate of drug-likeness (QED) is 0.645. The molecule has 0 atom stereocenters. The highest BCUT2D eigenvalue weighted by molar-refractivity contribution is 6.02. The van der Waals surface area contributed by atoms with Gasteiger partial charge in [0.05, 0.1) is 6.42 Å². The minimum Gasteiger partial charge on any atom is -0.299 e. The maximum atomic E-state index is 11.0. The first-order chi connectivity index (χ1) is 6.08. The van der Waals surface area contributed by atoms with E-state index < -0.39 is 5.91 Å². The average Bonchev–Trinajstić information content (AvgIpc) is 2.33. The number of Topliss-reactive ketones (excluding diaryl/α,β-unsaturated/α-hetero) is 1. The van der Waals surface area contributed by atoms with Crippen LogP contribution in [0, 0.1) is 6.92 Å². The Kier molecular flexibility index (Phi) is 2.73. The average molecular weight is 182 g/mol. The number of amides is 1. The number of carbonyl (C=O) groups is 2. The molecule has 1 amide bonds. The lowest BCUT2D eigenvalue weighted by molar-refractivity contribution is -0.124. The molecule has 0 radical (unpaired) electrons. The van der Waals surface area contributed by atoms with Crippen molar-refractivity contribution in [3.05, 3.63) is 5.82 Å². The van der Waals surface area contributed by atoms with Crippen molar-refractivity contribution in [2.45, 2.75) is 20.3 Å². The molecule has 0 fully saturated rings. The fourth-order valence-corrected chi connectivity index (χ4v) is 0.794. The van der Waals surface area contributed by atoms with Gasteiger partial charge in [0.2, 0.25) is 11.9 Å². The third-order valence-electron chi connectivity index (χ3n) is 1.26. The van der Waals surface area contributed by atoms with Crippen LogP contribution in [0.3, 0.4) is 0 Å². The van der Waals surface area contributed by atoms with Crippen LogP contribution in [0.2, 0.25) is 0 Å². The standard InChI is InChI=1S/C7H10N4O2/c1-4(12)3-6(13)9-7-8-5(2)10-11-7/h3H2,1-2H3,(H2,8,9,10,11,13). The Morgan fingerprint density at radius 3 is 2.69 bits per heavy atom. The number of rotatable bonds is 3. The van der Waals surface area contributed by atoms with Crippen LogP contribution in [0.5, 0.6) is 0 Å². The number of aromatic amines is 1. The van der Waals surface area contributed by atoms with E-state index in [2.05, 4.69) is 20.5 Å². The smallest absolute Gasteiger partial charge is 0.248 e. The summed E-state index contributed by atoms with van der Waals surface area (Å²) in [7, 11) is 0. The van der Waals surface area contributed by atoms with Crippen LogP contribution in [0.25, 0.3) is 0 Å². The predicted octanol–water partition coefficient (Wildman–Crippen LogP) is 0.0307. The lowest BCUT2D eigenvalue weighted by Gasteiger charge is -1.96. The highest BCUT2D eigenvalue weighted by Crippen LogP contribution is 1.97. The van der Waals surface area contributed by atoms with E-state index in [4.69, 9.17) is 0 Å². The molecule has 13 heavy (non-hydrogen) atoms. The number of carbonyl (C=O) groups excluding carboxylic acids is 2. The largest absolute Gasteiger partial charge is 0.299 e. The summed E-state index contributed by atoms with van der Waals surface area (Å²) in [5.41, 5.74) is 0. The minimum absolute atomic E-state index is 0.145. The summed E-state index contributed by atoms with van der Waals surface area (Å²) in [6.07, 6.45) is -0.145. The van der Waals surface area contributed by atoms with E-state index in [1.165, 1.54) is 6.92 Å². The molecule has 0 aliphatic carbocycles. The van der Waals surface area contributed by atoms with Crippen LogP contribution in [0.15, 0.2) is 0 Å². The molecule has 0 spiro atoms. The Hall–Kier alpha value is -1.72. The van der Waals surface area contributed by atoms with Crippen molar-refractivity contribution >= 4 is 17.6 Å². The molecule has 1 aromatic rings. The van der Waals surface area contributed by atoms with Gasteiger partial charge < -0.3 is 0 Å². The third kappa shape index (κ3) is 3.02. The van der Waals surface area contributed by atoms with Gasteiger partial charge >= 0.3 is 0 Å². The number of hydrogen-bond acceptors (Lipinski definition) is 4. The van der Waals surface area contributed by atoms with Gasteiger partial charge in [0.15, 0.2) is 0 Å². The second kappa shape index (κ2) is 3.79. The van der Waals surface area contributed by atoms with Gasteiger partial charge in [0.25, 0.3) is 0 Å². The molecule has 0 aliphatic rings. The molecule has 6 heteroatoms. The van der Waals surface area contributed by atoms with Gasteiger partial charge in [-0.1, -0.05) is 0 Å². The van der Waals surface area contributed by atoms with E-state index in [1.807, 2.05) is 0 Å². The number of H-pyrrole nitrogens is 1. The number of ketones is 1. The van der Waals surface area contributed by atoms with Crippen LogP contribution in [-0.2, 0) is 9.59 Å². The van der Waals surface area contributed by atoms with E-state index in [9.17, 15) is 9.59 Å². The second-order valence-electron chi connectivity index (χ2n) is 2.67. The molecule has 0 saturated carbocycles. The Balaban J connectivity index is 2.50. The monoisotopic (exact) mass is 182 g/mol. The van der Waals surface area contributed by atoms with E-state index in [1.54, 1.807) is 6.92 Å². The van der Waals surface area contributed by atoms with Crippen molar-refractivity contribution in [3.8, 4) is 0 Å². The first kappa shape index (κ1) is 9.37. The van der Waals surface area contributed by atoms with Gasteiger partial charge in [-0.05, 0) is 13.8 Å². The first-order valence-corrected chi connectivity index (χ1v) is 3.76. The lowest BCUT2D eigenvalue weighted by Crippen LogP contribution is -2.15. The van der Waals surface area contributed by atoms with Gasteiger partial charge in [-0.25, -0.2) is 0 Å². The zero-order chi connectivity index (χ0) is 9.84. The summed E-state index contributed by atoms with van der Waals surface area (Å²) in [5, 5.41) is 8.63. The van der Waals surface area contributed by atoms with Crippen molar-refractivity contribution in [1.82, 2.24) is 15.2 Å². The van der Waals surface area contributed by atoms with E-state index in [0.717, 1.165) is 0 Å². The minimum atomic E-state index is -0.397. The molecule has 0 bridgehead atoms. The van der Waals surface area contributed by atoms with Crippen LogP contribution < -0.4 is 5.32 Å². The number of nitrogens with zero attached hydrogens (tertiary/aromatic N) is 2. The number of anilines is 1. The Morgan fingerprint density at radius 1 is 1.54 bits per heavy atom. The lowest BCUT2D eigenvalue weighted by atomic mass is 10.3. The molecular weight excluding hydrogens is 172 g/mol. The molecule has 1 aromatic heterocycles. The summed E-state index contributed by atoms with van der Waals surface area (Å²) >= 11 is 0. The highest BCUT2D eigenvalue weighted by atomic mass is 16.2. The van der Waals surface area contributed by atoms with Crippen molar-refractivity contribution in [3.63, 3.8) is 0 Å². The van der Waals surface area contributed by atoms with Crippen molar-refractivity contribution in [2.75, 3.05) is 5.32 Å². The Morgan fingerprint density at radius 2 is 2.23 bits per heavy atom.